The van der Waals surface area contributed by atoms with E-state index in [1.54, 1.807) is 13.2 Å². The Hall–Kier alpha value is -2.22. The number of hydrogen-bond acceptors (Lipinski definition) is 3. The molecule has 2 rings (SSSR count). The lowest BCUT2D eigenvalue weighted by Gasteiger charge is -2.10. The van der Waals surface area contributed by atoms with Crippen molar-refractivity contribution < 1.29 is 9.13 Å². The van der Waals surface area contributed by atoms with E-state index in [0.29, 0.717) is 30.8 Å². The van der Waals surface area contributed by atoms with Gasteiger partial charge in [0.05, 0.1) is 18.2 Å². The van der Waals surface area contributed by atoms with Crippen LogP contribution in [0.25, 0.3) is 0 Å². The van der Waals surface area contributed by atoms with E-state index in [1.807, 2.05) is 30.3 Å². The van der Waals surface area contributed by atoms with Gasteiger partial charge in [0.2, 0.25) is 0 Å². The van der Waals surface area contributed by atoms with Gasteiger partial charge in [0.15, 0.2) is 0 Å². The van der Waals surface area contributed by atoms with E-state index in [2.05, 4.69) is 5.32 Å². The molecule has 4 heteroatoms. The minimum atomic E-state index is -0.299. The lowest BCUT2D eigenvalue weighted by molar-refractivity contribution is 0.184. The third-order valence-corrected chi connectivity index (χ3v) is 3.22. The monoisotopic (exact) mass is 284 g/mol. The highest BCUT2D eigenvalue weighted by atomic mass is 19.1. The van der Waals surface area contributed by atoms with E-state index in [1.165, 1.54) is 12.1 Å². The van der Waals surface area contributed by atoms with Crippen molar-refractivity contribution in [2.45, 2.75) is 19.7 Å². The van der Waals surface area contributed by atoms with Gasteiger partial charge in [0, 0.05) is 25.8 Å². The molecule has 2 aromatic rings. The number of nitriles is 1. The molecule has 0 aliphatic rings. The summed E-state index contributed by atoms with van der Waals surface area (Å²) in [6.07, 6.45) is 0. The fraction of sp³-hybridized carbons (Fsp3) is 0.235. The van der Waals surface area contributed by atoms with E-state index in [-0.39, 0.29) is 5.82 Å². The van der Waals surface area contributed by atoms with Crippen LogP contribution >= 0.6 is 0 Å². The van der Waals surface area contributed by atoms with Crippen molar-refractivity contribution in [1.82, 2.24) is 5.32 Å². The third kappa shape index (κ3) is 4.12. The molecule has 108 valence electrons. The molecule has 0 amide bonds. The highest BCUT2D eigenvalue weighted by Gasteiger charge is 2.05. The largest absolute Gasteiger partial charge is 0.380 e. The van der Waals surface area contributed by atoms with Crippen molar-refractivity contribution in [3.05, 3.63) is 70.5 Å². The van der Waals surface area contributed by atoms with Crippen LogP contribution in [-0.4, -0.2) is 7.11 Å². The first-order valence-corrected chi connectivity index (χ1v) is 6.69. The zero-order chi connectivity index (χ0) is 15.1. The number of rotatable bonds is 6. The van der Waals surface area contributed by atoms with Gasteiger partial charge >= 0.3 is 0 Å². The molecular weight excluding hydrogens is 267 g/mol. The van der Waals surface area contributed by atoms with Crippen LogP contribution in [0.3, 0.4) is 0 Å². The van der Waals surface area contributed by atoms with Gasteiger partial charge < -0.3 is 10.1 Å². The van der Waals surface area contributed by atoms with Crippen LogP contribution in [0, 0.1) is 17.1 Å². The molecule has 0 atom stereocenters. The van der Waals surface area contributed by atoms with Crippen LogP contribution in [0.15, 0.2) is 42.5 Å². The molecule has 0 bridgehead atoms. The second kappa shape index (κ2) is 7.53. The molecule has 0 aromatic heterocycles. The molecule has 0 fully saturated rings. The van der Waals surface area contributed by atoms with Crippen molar-refractivity contribution in [3.8, 4) is 6.07 Å². The zero-order valence-corrected chi connectivity index (χ0v) is 11.9. The number of hydrogen-bond donors (Lipinski definition) is 1. The van der Waals surface area contributed by atoms with Crippen molar-refractivity contribution in [2.75, 3.05) is 7.11 Å². The fourth-order valence-electron chi connectivity index (χ4n) is 2.14. The number of methoxy groups -OCH3 is 1. The predicted octanol–water partition coefficient (Wildman–Crippen LogP) is 3.13. The molecule has 0 aliphatic carbocycles. The first-order chi connectivity index (χ1) is 10.2. The predicted molar refractivity (Wildman–Crippen MR) is 78.8 cm³/mol. The number of nitrogens with zero attached hydrogens (tertiary/aromatic N) is 1. The summed E-state index contributed by atoms with van der Waals surface area (Å²) in [5, 5.41) is 12.0. The maximum absolute atomic E-state index is 13.7. The van der Waals surface area contributed by atoms with E-state index in [4.69, 9.17) is 10.00 Å². The van der Waals surface area contributed by atoms with Gasteiger partial charge in [-0.2, -0.15) is 5.26 Å². The summed E-state index contributed by atoms with van der Waals surface area (Å²) >= 11 is 0. The highest BCUT2D eigenvalue weighted by molar-refractivity contribution is 5.34. The Morgan fingerprint density at radius 3 is 2.52 bits per heavy atom. The van der Waals surface area contributed by atoms with E-state index in [0.717, 1.165) is 11.1 Å². The van der Waals surface area contributed by atoms with E-state index >= 15 is 0 Å². The van der Waals surface area contributed by atoms with Crippen LogP contribution < -0.4 is 5.32 Å². The molecule has 3 nitrogen and oxygen atoms in total. The molecule has 0 saturated heterocycles. The summed E-state index contributed by atoms with van der Waals surface area (Å²) in [4.78, 5) is 0. The second-order valence-electron chi connectivity index (χ2n) is 4.72. The molecule has 0 aliphatic heterocycles. The summed E-state index contributed by atoms with van der Waals surface area (Å²) in [6, 6.07) is 14.4. The van der Waals surface area contributed by atoms with Crippen LogP contribution in [0.5, 0.6) is 0 Å². The lowest BCUT2D eigenvalue weighted by atomic mass is 10.1. The number of halogens is 1. The summed E-state index contributed by atoms with van der Waals surface area (Å²) in [6.45, 7) is 1.55. The SMILES string of the molecule is COCc1ccccc1CNCc1cc(C#N)ccc1F. The fourth-order valence-corrected chi connectivity index (χ4v) is 2.14. The molecule has 0 saturated carbocycles. The maximum Gasteiger partial charge on any atom is 0.127 e. The average molecular weight is 284 g/mol. The Bertz CT molecular complexity index is 649. The van der Waals surface area contributed by atoms with Crippen molar-refractivity contribution in [2.24, 2.45) is 0 Å². The van der Waals surface area contributed by atoms with Crippen LogP contribution in [0.2, 0.25) is 0 Å². The smallest absolute Gasteiger partial charge is 0.127 e. The van der Waals surface area contributed by atoms with Gasteiger partial charge in [-0.3, -0.25) is 0 Å². The highest BCUT2D eigenvalue weighted by Crippen LogP contribution is 2.12. The van der Waals surface area contributed by atoms with Gasteiger partial charge in [-0.25, -0.2) is 4.39 Å². The Kier molecular flexibility index (Phi) is 5.44. The summed E-state index contributed by atoms with van der Waals surface area (Å²) in [5.41, 5.74) is 3.20. The summed E-state index contributed by atoms with van der Waals surface area (Å²) in [7, 11) is 1.66. The standard InChI is InChI=1S/C17H17FN2O/c1-21-12-15-5-3-2-4-14(15)10-20-11-16-8-13(9-19)6-7-17(16)18/h2-8,20H,10-12H2,1H3. The molecule has 21 heavy (non-hydrogen) atoms. The molecule has 1 N–H and O–H groups in total. The Balaban J connectivity index is 2.00. The van der Waals surface area contributed by atoms with E-state index in [9.17, 15) is 4.39 Å². The van der Waals surface area contributed by atoms with Gasteiger partial charge in [0.25, 0.3) is 0 Å². The van der Waals surface area contributed by atoms with Gasteiger partial charge in [0.1, 0.15) is 5.82 Å². The Morgan fingerprint density at radius 1 is 1.10 bits per heavy atom. The minimum absolute atomic E-state index is 0.299. The first-order valence-electron chi connectivity index (χ1n) is 6.69. The van der Waals surface area contributed by atoms with E-state index < -0.39 is 0 Å². The van der Waals surface area contributed by atoms with Crippen molar-refractivity contribution >= 4 is 0 Å². The number of benzene rings is 2. The number of nitrogens with one attached hydrogen (secondary N) is 1. The molecule has 0 heterocycles. The topological polar surface area (TPSA) is 45.0 Å². The first kappa shape index (κ1) is 15.2. The number of ether oxygens (including phenoxy) is 1. The van der Waals surface area contributed by atoms with Gasteiger partial charge in [-0.1, -0.05) is 24.3 Å². The van der Waals surface area contributed by atoms with Crippen LogP contribution in [0.1, 0.15) is 22.3 Å². The maximum atomic E-state index is 13.7. The van der Waals surface area contributed by atoms with Gasteiger partial charge in [-0.15, -0.1) is 0 Å². The quantitative estimate of drug-likeness (QED) is 0.886. The zero-order valence-electron chi connectivity index (χ0n) is 11.9. The Morgan fingerprint density at radius 2 is 1.81 bits per heavy atom. The van der Waals surface area contributed by atoms with Gasteiger partial charge in [-0.05, 0) is 29.3 Å². The van der Waals surface area contributed by atoms with Crippen molar-refractivity contribution in [1.29, 1.82) is 5.26 Å². The Labute approximate surface area is 124 Å². The summed E-state index contributed by atoms with van der Waals surface area (Å²) in [5.74, 6) is -0.299. The second-order valence-corrected chi connectivity index (χ2v) is 4.72. The normalized spacial score (nSPS) is 10.3. The van der Waals surface area contributed by atoms with Crippen LogP contribution in [0.4, 0.5) is 4.39 Å². The average Bonchev–Trinajstić information content (AvgIpc) is 2.51. The molecule has 2 aromatic carbocycles. The molecule has 0 spiro atoms. The minimum Gasteiger partial charge on any atom is -0.380 e. The van der Waals surface area contributed by atoms with Crippen molar-refractivity contribution in [3.63, 3.8) is 0 Å². The molecular formula is C17H17FN2O. The molecule has 0 radical (unpaired) electrons. The summed E-state index contributed by atoms with van der Waals surface area (Å²) < 4.78 is 18.8. The lowest BCUT2D eigenvalue weighted by Crippen LogP contribution is -2.15. The van der Waals surface area contributed by atoms with Crippen LogP contribution in [-0.2, 0) is 24.4 Å². The molecule has 0 unspecified atom stereocenters. The third-order valence-electron chi connectivity index (χ3n) is 3.22.